The Morgan fingerprint density at radius 3 is 3.14 bits per heavy atom. The van der Waals surface area contributed by atoms with E-state index < -0.39 is 0 Å². The molecule has 3 N–H and O–H groups in total. The maximum Gasteiger partial charge on any atom is 0.123 e. The highest BCUT2D eigenvalue weighted by Gasteiger charge is 2.35. The zero-order chi connectivity index (χ0) is 14.8. The predicted molar refractivity (Wildman–Crippen MR) is 80.3 cm³/mol. The van der Waals surface area contributed by atoms with Gasteiger partial charge in [-0.3, -0.25) is 16.2 Å². The molecule has 0 radical (unpaired) electrons. The van der Waals surface area contributed by atoms with E-state index in [-0.39, 0.29) is 18.0 Å². The quantitative estimate of drug-likeness (QED) is 0.650. The third-order valence-electron chi connectivity index (χ3n) is 4.82. The number of hydrogen-bond acceptors (Lipinski definition) is 4. The lowest BCUT2D eigenvalue weighted by atomic mass is 9.97. The summed E-state index contributed by atoms with van der Waals surface area (Å²) < 4.78 is 19.2. The first-order chi connectivity index (χ1) is 10.2. The van der Waals surface area contributed by atoms with E-state index in [2.05, 4.69) is 10.3 Å². The van der Waals surface area contributed by atoms with E-state index in [4.69, 9.17) is 10.6 Å². The third kappa shape index (κ3) is 3.26. The minimum absolute atomic E-state index is 0.0516. The number of halogens is 1. The second-order valence-electron chi connectivity index (χ2n) is 6.21. The molecule has 2 saturated heterocycles. The number of hydrazine groups is 1. The molecule has 3 unspecified atom stereocenters. The molecular formula is C16H24FN3O. The molecule has 1 aromatic carbocycles. The summed E-state index contributed by atoms with van der Waals surface area (Å²) in [6.45, 7) is 4.83. The maximum atomic E-state index is 13.2. The van der Waals surface area contributed by atoms with Gasteiger partial charge in [0.25, 0.3) is 0 Å². The van der Waals surface area contributed by atoms with E-state index in [0.29, 0.717) is 6.04 Å². The van der Waals surface area contributed by atoms with Crippen molar-refractivity contribution in [3.8, 4) is 0 Å². The fraction of sp³-hybridized carbons (Fsp3) is 0.625. The lowest BCUT2D eigenvalue weighted by Crippen LogP contribution is -2.56. The van der Waals surface area contributed by atoms with Crippen LogP contribution < -0.4 is 11.3 Å². The van der Waals surface area contributed by atoms with Crippen molar-refractivity contribution in [2.45, 2.75) is 44.4 Å². The number of nitrogens with zero attached hydrogens (tertiary/aromatic N) is 1. The van der Waals surface area contributed by atoms with E-state index >= 15 is 0 Å². The first kappa shape index (κ1) is 14.9. The van der Waals surface area contributed by atoms with Crippen LogP contribution in [0.5, 0.6) is 0 Å². The Bertz CT molecular complexity index is 496. The number of nitrogens with one attached hydrogen (secondary N) is 1. The van der Waals surface area contributed by atoms with Gasteiger partial charge in [0, 0.05) is 12.6 Å². The van der Waals surface area contributed by atoms with Crippen molar-refractivity contribution in [2.75, 3.05) is 19.7 Å². The Hall–Kier alpha value is -1.01. The molecule has 116 valence electrons. The summed E-state index contributed by atoms with van der Waals surface area (Å²) in [4.78, 5) is 2.51. The summed E-state index contributed by atoms with van der Waals surface area (Å²) in [7, 11) is 0. The third-order valence-corrected chi connectivity index (χ3v) is 4.82. The van der Waals surface area contributed by atoms with Crippen molar-refractivity contribution in [1.29, 1.82) is 0 Å². The van der Waals surface area contributed by atoms with Crippen LogP contribution >= 0.6 is 0 Å². The Kier molecular flexibility index (Phi) is 4.54. The predicted octanol–water partition coefficient (Wildman–Crippen LogP) is 1.37. The van der Waals surface area contributed by atoms with E-state index in [0.717, 1.165) is 37.2 Å². The Balaban J connectivity index is 1.67. The van der Waals surface area contributed by atoms with E-state index in [1.807, 2.05) is 13.0 Å². The fourth-order valence-corrected chi connectivity index (χ4v) is 3.51. The molecule has 2 heterocycles. The standard InChI is InChI=1S/C16H24FN3O/c1-11-7-13(17)5-4-12(11)8-15(19-18)16-9-20-6-2-3-14(20)10-21-16/h4-5,7,14-16,19H,2-3,6,8-10,18H2,1H3. The highest BCUT2D eigenvalue weighted by atomic mass is 19.1. The van der Waals surface area contributed by atoms with Crippen LogP contribution in [0.3, 0.4) is 0 Å². The van der Waals surface area contributed by atoms with Crippen molar-refractivity contribution in [3.05, 3.63) is 35.1 Å². The molecule has 3 atom stereocenters. The molecule has 0 saturated carbocycles. The number of morpholine rings is 1. The molecule has 1 aromatic rings. The number of ether oxygens (including phenoxy) is 1. The lowest BCUT2D eigenvalue weighted by Gasteiger charge is -2.38. The normalized spacial score (nSPS) is 27.6. The van der Waals surface area contributed by atoms with Gasteiger partial charge in [-0.1, -0.05) is 6.07 Å². The van der Waals surface area contributed by atoms with Gasteiger partial charge in [0.1, 0.15) is 5.82 Å². The van der Waals surface area contributed by atoms with Gasteiger partial charge in [-0.25, -0.2) is 4.39 Å². The van der Waals surface area contributed by atoms with Crippen LogP contribution in [0.4, 0.5) is 4.39 Å². The average molecular weight is 293 g/mol. The highest BCUT2D eigenvalue weighted by molar-refractivity contribution is 5.27. The van der Waals surface area contributed by atoms with Crippen molar-refractivity contribution >= 4 is 0 Å². The van der Waals surface area contributed by atoms with E-state index in [9.17, 15) is 4.39 Å². The molecule has 0 bridgehead atoms. The van der Waals surface area contributed by atoms with Crippen molar-refractivity contribution in [2.24, 2.45) is 5.84 Å². The Labute approximate surface area is 125 Å². The summed E-state index contributed by atoms with van der Waals surface area (Å²) in [6, 6.07) is 5.56. The van der Waals surface area contributed by atoms with Crippen LogP contribution in [0.2, 0.25) is 0 Å². The van der Waals surface area contributed by atoms with Crippen LogP contribution in [0.25, 0.3) is 0 Å². The van der Waals surface area contributed by atoms with Crippen molar-refractivity contribution in [3.63, 3.8) is 0 Å². The smallest absolute Gasteiger partial charge is 0.123 e. The van der Waals surface area contributed by atoms with Gasteiger partial charge in [-0.05, 0) is 56.0 Å². The van der Waals surface area contributed by atoms with Crippen LogP contribution in [0.15, 0.2) is 18.2 Å². The van der Waals surface area contributed by atoms with E-state index in [1.165, 1.54) is 18.9 Å². The number of nitrogens with two attached hydrogens (primary N) is 1. The average Bonchev–Trinajstić information content (AvgIpc) is 2.94. The molecular weight excluding hydrogens is 269 g/mol. The lowest BCUT2D eigenvalue weighted by molar-refractivity contribution is -0.0644. The molecule has 0 amide bonds. The fourth-order valence-electron chi connectivity index (χ4n) is 3.51. The number of aryl methyl sites for hydroxylation is 1. The van der Waals surface area contributed by atoms with Gasteiger partial charge >= 0.3 is 0 Å². The minimum Gasteiger partial charge on any atom is -0.374 e. The number of fused-ring (bicyclic) bond motifs is 1. The number of hydrogen-bond donors (Lipinski definition) is 2. The van der Waals surface area contributed by atoms with Gasteiger partial charge in [0.15, 0.2) is 0 Å². The summed E-state index contributed by atoms with van der Waals surface area (Å²) in [6.07, 6.45) is 3.35. The molecule has 0 spiro atoms. The summed E-state index contributed by atoms with van der Waals surface area (Å²) in [5, 5.41) is 0. The molecule has 2 aliphatic rings. The van der Waals surface area contributed by atoms with Gasteiger partial charge in [0.2, 0.25) is 0 Å². The van der Waals surface area contributed by atoms with Crippen molar-refractivity contribution in [1.82, 2.24) is 10.3 Å². The van der Waals surface area contributed by atoms with Crippen LogP contribution in [-0.2, 0) is 11.2 Å². The van der Waals surface area contributed by atoms with Gasteiger partial charge in [0.05, 0.1) is 18.8 Å². The van der Waals surface area contributed by atoms with Gasteiger partial charge < -0.3 is 4.74 Å². The first-order valence-electron chi connectivity index (χ1n) is 7.74. The van der Waals surface area contributed by atoms with Gasteiger partial charge in [-0.15, -0.1) is 0 Å². The topological polar surface area (TPSA) is 50.5 Å². The highest BCUT2D eigenvalue weighted by Crippen LogP contribution is 2.25. The summed E-state index contributed by atoms with van der Waals surface area (Å²) >= 11 is 0. The van der Waals surface area contributed by atoms with Crippen LogP contribution in [0, 0.1) is 12.7 Å². The SMILES string of the molecule is Cc1cc(F)ccc1CC(NN)C1CN2CCCC2CO1. The summed E-state index contributed by atoms with van der Waals surface area (Å²) in [5.41, 5.74) is 4.98. The first-order valence-corrected chi connectivity index (χ1v) is 7.74. The zero-order valence-corrected chi connectivity index (χ0v) is 12.5. The number of benzene rings is 1. The summed E-state index contributed by atoms with van der Waals surface area (Å²) in [5.74, 6) is 5.55. The molecule has 21 heavy (non-hydrogen) atoms. The molecule has 5 heteroatoms. The van der Waals surface area contributed by atoms with Crippen LogP contribution in [0.1, 0.15) is 24.0 Å². The molecule has 0 aromatic heterocycles. The molecule has 3 rings (SSSR count). The van der Waals surface area contributed by atoms with Crippen molar-refractivity contribution < 1.29 is 9.13 Å². The van der Waals surface area contributed by atoms with Crippen LogP contribution in [-0.4, -0.2) is 42.8 Å². The Morgan fingerprint density at radius 1 is 1.52 bits per heavy atom. The second kappa shape index (κ2) is 6.40. The zero-order valence-electron chi connectivity index (χ0n) is 12.5. The molecule has 0 aliphatic carbocycles. The Morgan fingerprint density at radius 2 is 2.38 bits per heavy atom. The van der Waals surface area contributed by atoms with E-state index in [1.54, 1.807) is 6.07 Å². The minimum atomic E-state index is -0.192. The number of rotatable bonds is 4. The maximum absolute atomic E-state index is 13.2. The van der Waals surface area contributed by atoms with Gasteiger partial charge in [-0.2, -0.15) is 0 Å². The monoisotopic (exact) mass is 293 g/mol. The molecule has 2 fully saturated rings. The largest absolute Gasteiger partial charge is 0.374 e. The molecule has 2 aliphatic heterocycles. The second-order valence-corrected chi connectivity index (χ2v) is 6.21. The molecule has 4 nitrogen and oxygen atoms in total.